The second kappa shape index (κ2) is 9.22. The number of benzene rings is 2. The Balaban J connectivity index is 1.44. The van der Waals surface area contributed by atoms with E-state index >= 15 is 0 Å². The van der Waals surface area contributed by atoms with Gasteiger partial charge in [0.1, 0.15) is 5.75 Å². The molecule has 0 aliphatic heterocycles. The van der Waals surface area contributed by atoms with Crippen molar-refractivity contribution in [3.8, 4) is 5.75 Å². The highest BCUT2D eigenvalue weighted by Crippen LogP contribution is 2.23. The van der Waals surface area contributed by atoms with E-state index in [1.165, 1.54) is 16.7 Å². The van der Waals surface area contributed by atoms with Gasteiger partial charge in [-0.15, -0.1) is 0 Å². The van der Waals surface area contributed by atoms with Gasteiger partial charge in [0.2, 0.25) is 0 Å². The third kappa shape index (κ3) is 5.46. The lowest BCUT2D eigenvalue weighted by atomic mass is 9.98. The first-order valence-electron chi connectivity index (χ1n) is 9.55. The van der Waals surface area contributed by atoms with Gasteiger partial charge in [0.25, 0.3) is 5.91 Å². The van der Waals surface area contributed by atoms with Gasteiger partial charge in [-0.05, 0) is 47.2 Å². The Morgan fingerprint density at radius 1 is 1.14 bits per heavy atom. The van der Waals surface area contributed by atoms with Crippen LogP contribution in [0.4, 0.5) is 0 Å². The Hall–Kier alpha value is -3.08. The molecule has 0 fully saturated rings. The standard InChI is InChI=1S/C23H27N3O2/c1-17(2)22-9-8-21(12-18(22)3)28-15-23(27)25-13-19-4-6-20(7-5-19)14-26-11-10-24-16-26/h4-12,16-17H,13-15H2,1-3H3,(H,25,27). The fraction of sp³-hybridized carbons (Fsp3) is 0.304. The zero-order valence-corrected chi connectivity index (χ0v) is 16.7. The van der Waals surface area contributed by atoms with Gasteiger partial charge in [0.05, 0.1) is 6.33 Å². The van der Waals surface area contributed by atoms with Crippen LogP contribution in [-0.2, 0) is 17.9 Å². The van der Waals surface area contributed by atoms with Crippen molar-refractivity contribution in [3.63, 3.8) is 0 Å². The highest BCUT2D eigenvalue weighted by Gasteiger charge is 2.07. The van der Waals surface area contributed by atoms with Crippen molar-refractivity contribution in [1.29, 1.82) is 0 Å². The number of hydrogen-bond donors (Lipinski definition) is 1. The number of ether oxygens (including phenoxy) is 1. The minimum atomic E-state index is -0.131. The number of carbonyl (C=O) groups excluding carboxylic acids is 1. The van der Waals surface area contributed by atoms with Crippen LogP contribution < -0.4 is 10.1 Å². The van der Waals surface area contributed by atoms with Gasteiger partial charge >= 0.3 is 0 Å². The SMILES string of the molecule is Cc1cc(OCC(=O)NCc2ccc(Cn3ccnc3)cc2)ccc1C(C)C. The number of amides is 1. The van der Waals surface area contributed by atoms with E-state index in [2.05, 4.69) is 49.3 Å². The van der Waals surface area contributed by atoms with Crippen molar-refractivity contribution in [2.45, 2.75) is 39.8 Å². The summed E-state index contributed by atoms with van der Waals surface area (Å²) in [6.45, 7) is 7.69. The van der Waals surface area contributed by atoms with E-state index in [1.54, 1.807) is 12.5 Å². The molecule has 28 heavy (non-hydrogen) atoms. The predicted molar refractivity (Wildman–Crippen MR) is 110 cm³/mol. The highest BCUT2D eigenvalue weighted by molar-refractivity contribution is 5.77. The van der Waals surface area contributed by atoms with E-state index in [9.17, 15) is 4.79 Å². The van der Waals surface area contributed by atoms with Crippen molar-refractivity contribution >= 4 is 5.91 Å². The van der Waals surface area contributed by atoms with E-state index in [0.29, 0.717) is 12.5 Å². The van der Waals surface area contributed by atoms with Crippen LogP contribution in [0.15, 0.2) is 61.2 Å². The van der Waals surface area contributed by atoms with Crippen molar-refractivity contribution in [1.82, 2.24) is 14.9 Å². The Kier molecular flexibility index (Phi) is 6.48. The Morgan fingerprint density at radius 3 is 2.54 bits per heavy atom. The molecule has 0 bridgehead atoms. The minimum Gasteiger partial charge on any atom is -0.484 e. The number of imidazole rings is 1. The second-order valence-corrected chi connectivity index (χ2v) is 7.29. The summed E-state index contributed by atoms with van der Waals surface area (Å²) in [5.41, 5.74) is 4.73. The molecule has 0 atom stereocenters. The first kappa shape index (κ1) is 19.7. The molecule has 0 saturated heterocycles. The number of aryl methyl sites for hydroxylation is 1. The van der Waals surface area contributed by atoms with Crippen molar-refractivity contribution in [3.05, 3.63) is 83.4 Å². The Morgan fingerprint density at radius 2 is 1.89 bits per heavy atom. The maximum Gasteiger partial charge on any atom is 0.258 e. The van der Waals surface area contributed by atoms with Crippen LogP contribution in [0.25, 0.3) is 0 Å². The number of aromatic nitrogens is 2. The molecule has 0 aliphatic carbocycles. The Labute approximate surface area is 166 Å². The molecule has 3 rings (SSSR count). The number of nitrogens with zero attached hydrogens (tertiary/aromatic N) is 2. The summed E-state index contributed by atoms with van der Waals surface area (Å²) in [6, 6.07) is 14.2. The molecule has 5 heteroatoms. The highest BCUT2D eigenvalue weighted by atomic mass is 16.5. The number of nitrogens with one attached hydrogen (secondary N) is 1. The summed E-state index contributed by atoms with van der Waals surface area (Å²) in [5.74, 6) is 1.07. The van der Waals surface area contributed by atoms with Gasteiger partial charge < -0.3 is 14.6 Å². The lowest BCUT2D eigenvalue weighted by Gasteiger charge is -2.12. The third-order valence-electron chi connectivity index (χ3n) is 4.67. The molecular formula is C23H27N3O2. The molecule has 0 aliphatic rings. The first-order chi connectivity index (χ1) is 13.5. The van der Waals surface area contributed by atoms with Gasteiger partial charge in [0.15, 0.2) is 6.61 Å². The summed E-state index contributed by atoms with van der Waals surface area (Å²) < 4.78 is 7.65. The largest absolute Gasteiger partial charge is 0.484 e. The van der Waals surface area contributed by atoms with E-state index < -0.39 is 0 Å². The molecule has 1 amide bonds. The normalized spacial score (nSPS) is 10.9. The van der Waals surface area contributed by atoms with Gasteiger partial charge in [-0.25, -0.2) is 4.98 Å². The van der Waals surface area contributed by atoms with Gasteiger partial charge in [-0.1, -0.05) is 44.2 Å². The molecule has 5 nitrogen and oxygen atoms in total. The molecule has 146 valence electrons. The van der Waals surface area contributed by atoms with Gasteiger partial charge in [0, 0.05) is 25.5 Å². The molecule has 0 saturated carbocycles. The van der Waals surface area contributed by atoms with Crippen LogP contribution in [0.2, 0.25) is 0 Å². The molecule has 1 heterocycles. The minimum absolute atomic E-state index is 0.0131. The zero-order valence-electron chi connectivity index (χ0n) is 16.7. The maximum absolute atomic E-state index is 12.1. The van der Waals surface area contributed by atoms with Crippen molar-refractivity contribution in [2.24, 2.45) is 0 Å². The molecule has 2 aromatic carbocycles. The summed E-state index contributed by atoms with van der Waals surface area (Å²) in [4.78, 5) is 16.1. The summed E-state index contributed by atoms with van der Waals surface area (Å²) in [5, 5.41) is 2.90. The quantitative estimate of drug-likeness (QED) is 0.644. The van der Waals surface area contributed by atoms with Gasteiger partial charge in [-0.2, -0.15) is 0 Å². The van der Waals surface area contributed by atoms with Crippen LogP contribution in [0.5, 0.6) is 5.75 Å². The molecule has 1 N–H and O–H groups in total. The summed E-state index contributed by atoms with van der Waals surface area (Å²) in [6.07, 6.45) is 5.50. The third-order valence-corrected chi connectivity index (χ3v) is 4.67. The van der Waals surface area contributed by atoms with E-state index in [1.807, 2.05) is 35.0 Å². The molecule has 0 radical (unpaired) electrons. The zero-order chi connectivity index (χ0) is 19.9. The molecule has 0 unspecified atom stereocenters. The number of hydrogen-bond acceptors (Lipinski definition) is 3. The maximum atomic E-state index is 12.1. The van der Waals surface area contributed by atoms with Crippen LogP contribution in [-0.4, -0.2) is 22.1 Å². The van der Waals surface area contributed by atoms with Crippen LogP contribution in [0.1, 0.15) is 42.0 Å². The van der Waals surface area contributed by atoms with E-state index in [-0.39, 0.29) is 12.5 Å². The average Bonchev–Trinajstić information content (AvgIpc) is 3.18. The predicted octanol–water partition coefficient (Wildman–Crippen LogP) is 4.06. The van der Waals surface area contributed by atoms with Crippen LogP contribution >= 0.6 is 0 Å². The van der Waals surface area contributed by atoms with Crippen molar-refractivity contribution in [2.75, 3.05) is 6.61 Å². The fourth-order valence-corrected chi connectivity index (χ4v) is 3.14. The summed E-state index contributed by atoms with van der Waals surface area (Å²) in [7, 11) is 0. The van der Waals surface area contributed by atoms with E-state index in [0.717, 1.165) is 17.9 Å². The van der Waals surface area contributed by atoms with Crippen LogP contribution in [0.3, 0.4) is 0 Å². The second-order valence-electron chi connectivity index (χ2n) is 7.29. The molecular weight excluding hydrogens is 350 g/mol. The lowest BCUT2D eigenvalue weighted by Crippen LogP contribution is -2.28. The molecule has 0 spiro atoms. The molecule has 3 aromatic rings. The van der Waals surface area contributed by atoms with E-state index in [4.69, 9.17) is 4.74 Å². The van der Waals surface area contributed by atoms with Crippen LogP contribution in [0, 0.1) is 6.92 Å². The lowest BCUT2D eigenvalue weighted by molar-refractivity contribution is -0.123. The summed E-state index contributed by atoms with van der Waals surface area (Å²) >= 11 is 0. The fourth-order valence-electron chi connectivity index (χ4n) is 3.14. The van der Waals surface area contributed by atoms with Gasteiger partial charge in [-0.3, -0.25) is 4.79 Å². The number of rotatable bonds is 8. The average molecular weight is 377 g/mol. The topological polar surface area (TPSA) is 56.1 Å². The molecule has 1 aromatic heterocycles. The van der Waals surface area contributed by atoms with Crippen molar-refractivity contribution < 1.29 is 9.53 Å². The smallest absolute Gasteiger partial charge is 0.258 e. The monoisotopic (exact) mass is 377 g/mol. The number of carbonyl (C=O) groups is 1. The Bertz CT molecular complexity index is 900. The first-order valence-corrected chi connectivity index (χ1v) is 9.55.